The van der Waals surface area contributed by atoms with E-state index in [1.807, 2.05) is 13.0 Å². The van der Waals surface area contributed by atoms with Gasteiger partial charge in [0.05, 0.1) is 0 Å². The van der Waals surface area contributed by atoms with Gasteiger partial charge in [-0.25, -0.2) is 4.39 Å². The molecule has 0 fully saturated rings. The summed E-state index contributed by atoms with van der Waals surface area (Å²) in [7, 11) is 0. The van der Waals surface area contributed by atoms with Crippen molar-refractivity contribution in [2.24, 2.45) is 0 Å². The summed E-state index contributed by atoms with van der Waals surface area (Å²) in [6, 6.07) is 13.5. The Morgan fingerprint density at radius 3 is 2.24 bits per heavy atom. The lowest BCUT2D eigenvalue weighted by atomic mass is 10.1. The zero-order valence-corrected chi connectivity index (χ0v) is 13.0. The summed E-state index contributed by atoms with van der Waals surface area (Å²) in [6.07, 6.45) is 0. The average Bonchev–Trinajstić information content (AvgIpc) is 2.47. The minimum Gasteiger partial charge on any atom is -0.381 e. The van der Waals surface area contributed by atoms with Crippen molar-refractivity contribution in [2.75, 3.05) is 23.3 Å². The van der Waals surface area contributed by atoms with Gasteiger partial charge in [0.1, 0.15) is 5.82 Å². The van der Waals surface area contributed by atoms with Crippen LogP contribution in [0.5, 0.6) is 0 Å². The molecule has 2 aromatic rings. The van der Waals surface area contributed by atoms with E-state index >= 15 is 0 Å². The van der Waals surface area contributed by atoms with Gasteiger partial charge in [-0.15, -0.1) is 0 Å². The molecule has 0 atom stereocenters. The molecule has 0 amide bonds. The Hall–Kier alpha value is -2.03. The van der Waals surface area contributed by atoms with E-state index in [4.69, 9.17) is 0 Å². The summed E-state index contributed by atoms with van der Waals surface area (Å²) in [5, 5.41) is 3.27. The highest BCUT2D eigenvalue weighted by Crippen LogP contribution is 2.17. The molecule has 0 radical (unpaired) electrons. The molecular formula is C18H23FN2. The van der Waals surface area contributed by atoms with Crippen LogP contribution < -0.4 is 10.2 Å². The number of nitrogens with one attached hydrogen (secondary N) is 1. The predicted molar refractivity (Wildman–Crippen MR) is 88.5 cm³/mol. The lowest BCUT2D eigenvalue weighted by Crippen LogP contribution is -2.21. The predicted octanol–water partition coefficient (Wildman–Crippen LogP) is 4.59. The van der Waals surface area contributed by atoms with Gasteiger partial charge in [-0.05, 0) is 62.2 Å². The van der Waals surface area contributed by atoms with E-state index in [0.29, 0.717) is 6.54 Å². The Morgan fingerprint density at radius 1 is 1.00 bits per heavy atom. The van der Waals surface area contributed by atoms with Crippen LogP contribution in [0.1, 0.15) is 25.0 Å². The molecule has 0 saturated heterocycles. The van der Waals surface area contributed by atoms with Crippen LogP contribution in [-0.4, -0.2) is 13.1 Å². The number of anilines is 2. The van der Waals surface area contributed by atoms with E-state index in [1.54, 1.807) is 0 Å². The highest BCUT2D eigenvalue weighted by molar-refractivity contribution is 5.49. The molecule has 3 heteroatoms. The summed E-state index contributed by atoms with van der Waals surface area (Å²) >= 11 is 0. The molecule has 0 unspecified atom stereocenters. The third-order valence-electron chi connectivity index (χ3n) is 3.60. The van der Waals surface area contributed by atoms with Crippen LogP contribution in [0.15, 0.2) is 42.5 Å². The molecule has 0 aliphatic rings. The molecular weight excluding hydrogens is 263 g/mol. The largest absolute Gasteiger partial charge is 0.381 e. The molecule has 0 bridgehead atoms. The van der Waals surface area contributed by atoms with E-state index in [1.165, 1.54) is 23.4 Å². The number of aryl methyl sites for hydroxylation is 1. The standard InChI is InChI=1S/C18H23FN2/c1-4-21(5-2)18-8-6-15(7-9-18)13-20-17-11-14(3)10-16(19)12-17/h6-12,20H,4-5,13H2,1-3H3. The first kappa shape index (κ1) is 15.4. The number of benzene rings is 2. The monoisotopic (exact) mass is 286 g/mol. The van der Waals surface area contributed by atoms with Crippen molar-refractivity contribution in [1.29, 1.82) is 0 Å². The molecule has 2 rings (SSSR count). The molecule has 2 aromatic carbocycles. The Morgan fingerprint density at radius 2 is 1.67 bits per heavy atom. The first-order valence-electron chi connectivity index (χ1n) is 7.47. The summed E-state index contributed by atoms with van der Waals surface area (Å²) in [5.74, 6) is -0.200. The first-order chi connectivity index (χ1) is 10.1. The molecule has 1 N–H and O–H groups in total. The van der Waals surface area contributed by atoms with Gasteiger partial charge in [0.2, 0.25) is 0 Å². The number of rotatable bonds is 6. The van der Waals surface area contributed by atoms with Crippen molar-refractivity contribution in [1.82, 2.24) is 0 Å². The van der Waals surface area contributed by atoms with Crippen LogP contribution in [0.4, 0.5) is 15.8 Å². The minimum absolute atomic E-state index is 0.200. The normalized spacial score (nSPS) is 10.5. The SMILES string of the molecule is CCN(CC)c1ccc(CNc2cc(C)cc(F)c2)cc1. The second-order valence-electron chi connectivity index (χ2n) is 5.21. The van der Waals surface area contributed by atoms with Gasteiger partial charge in [0.25, 0.3) is 0 Å². The van der Waals surface area contributed by atoms with E-state index in [0.717, 1.165) is 24.3 Å². The van der Waals surface area contributed by atoms with E-state index in [2.05, 4.69) is 48.3 Å². The molecule has 0 heterocycles. The third-order valence-corrected chi connectivity index (χ3v) is 3.60. The van der Waals surface area contributed by atoms with Crippen molar-refractivity contribution < 1.29 is 4.39 Å². The lowest BCUT2D eigenvalue weighted by Gasteiger charge is -2.21. The number of nitrogens with zero attached hydrogens (tertiary/aromatic N) is 1. The van der Waals surface area contributed by atoms with Gasteiger partial charge in [-0.3, -0.25) is 0 Å². The molecule has 21 heavy (non-hydrogen) atoms. The van der Waals surface area contributed by atoms with Gasteiger partial charge in [-0.1, -0.05) is 12.1 Å². The maximum absolute atomic E-state index is 13.3. The van der Waals surface area contributed by atoms with Crippen LogP contribution >= 0.6 is 0 Å². The fourth-order valence-corrected chi connectivity index (χ4v) is 2.46. The smallest absolute Gasteiger partial charge is 0.125 e. The van der Waals surface area contributed by atoms with Crippen LogP contribution in [0, 0.1) is 12.7 Å². The Kier molecular flexibility index (Phi) is 5.20. The molecule has 0 aliphatic carbocycles. The van der Waals surface area contributed by atoms with Crippen molar-refractivity contribution in [3.63, 3.8) is 0 Å². The molecule has 2 nitrogen and oxygen atoms in total. The number of hydrogen-bond acceptors (Lipinski definition) is 2. The van der Waals surface area contributed by atoms with Crippen molar-refractivity contribution in [2.45, 2.75) is 27.3 Å². The molecule has 0 saturated carbocycles. The molecule has 0 spiro atoms. The van der Waals surface area contributed by atoms with Gasteiger partial charge in [0, 0.05) is 31.0 Å². The minimum atomic E-state index is -0.200. The first-order valence-corrected chi connectivity index (χ1v) is 7.47. The Labute approximate surface area is 126 Å². The maximum atomic E-state index is 13.3. The third kappa shape index (κ3) is 4.22. The quantitative estimate of drug-likeness (QED) is 0.835. The fraction of sp³-hybridized carbons (Fsp3) is 0.333. The van der Waals surface area contributed by atoms with Crippen LogP contribution in [0.2, 0.25) is 0 Å². The maximum Gasteiger partial charge on any atom is 0.125 e. The van der Waals surface area contributed by atoms with Gasteiger partial charge in [0.15, 0.2) is 0 Å². The van der Waals surface area contributed by atoms with Gasteiger partial charge in [-0.2, -0.15) is 0 Å². The van der Waals surface area contributed by atoms with Gasteiger partial charge >= 0.3 is 0 Å². The molecule has 112 valence electrons. The number of halogens is 1. The van der Waals surface area contributed by atoms with Crippen molar-refractivity contribution >= 4 is 11.4 Å². The zero-order valence-electron chi connectivity index (χ0n) is 13.0. The topological polar surface area (TPSA) is 15.3 Å². The van der Waals surface area contributed by atoms with Gasteiger partial charge < -0.3 is 10.2 Å². The highest BCUT2D eigenvalue weighted by atomic mass is 19.1. The fourth-order valence-electron chi connectivity index (χ4n) is 2.46. The van der Waals surface area contributed by atoms with Crippen molar-refractivity contribution in [3.8, 4) is 0 Å². The van der Waals surface area contributed by atoms with E-state index in [9.17, 15) is 4.39 Å². The lowest BCUT2D eigenvalue weighted by molar-refractivity contribution is 0.627. The molecule has 0 aliphatic heterocycles. The Bertz CT molecular complexity index is 554. The second kappa shape index (κ2) is 7.11. The Balaban J connectivity index is 2.00. The van der Waals surface area contributed by atoms with Crippen LogP contribution in [-0.2, 0) is 6.54 Å². The second-order valence-corrected chi connectivity index (χ2v) is 5.21. The zero-order chi connectivity index (χ0) is 15.2. The van der Waals surface area contributed by atoms with Crippen LogP contribution in [0.3, 0.4) is 0 Å². The highest BCUT2D eigenvalue weighted by Gasteiger charge is 2.02. The van der Waals surface area contributed by atoms with Crippen LogP contribution in [0.25, 0.3) is 0 Å². The van der Waals surface area contributed by atoms with E-state index in [-0.39, 0.29) is 5.82 Å². The van der Waals surface area contributed by atoms with E-state index < -0.39 is 0 Å². The average molecular weight is 286 g/mol. The summed E-state index contributed by atoms with van der Waals surface area (Å²) in [6.45, 7) is 8.93. The number of hydrogen-bond donors (Lipinski definition) is 1. The molecule has 0 aromatic heterocycles. The summed E-state index contributed by atoms with van der Waals surface area (Å²) in [4.78, 5) is 2.31. The summed E-state index contributed by atoms with van der Waals surface area (Å²) < 4.78 is 13.3. The summed E-state index contributed by atoms with van der Waals surface area (Å²) in [5.41, 5.74) is 4.17. The van der Waals surface area contributed by atoms with Crippen molar-refractivity contribution in [3.05, 3.63) is 59.4 Å².